The molecule has 0 bridgehead atoms. The predicted molar refractivity (Wildman–Crippen MR) is 86.3 cm³/mol. The highest BCUT2D eigenvalue weighted by Gasteiger charge is 2.32. The van der Waals surface area contributed by atoms with Gasteiger partial charge < -0.3 is 5.32 Å². The first-order valence-corrected chi connectivity index (χ1v) is 8.63. The molecule has 0 aromatic heterocycles. The van der Waals surface area contributed by atoms with Gasteiger partial charge in [0.15, 0.2) is 0 Å². The van der Waals surface area contributed by atoms with Crippen LogP contribution in [0.1, 0.15) is 56.9 Å². The molecule has 0 spiro atoms. The number of hydrogen-bond donors (Lipinski definition) is 1. The smallest absolute Gasteiger partial charge is 0.0408 e. The van der Waals surface area contributed by atoms with Gasteiger partial charge in [-0.05, 0) is 67.7 Å². The zero-order valence-corrected chi connectivity index (χ0v) is 13.2. The standard InChI is InChI=1S/C18H26ClN/c1-2-13-6-7-15(12-20-17-8-9-17)18(10-13)14-4-3-5-16(19)11-14/h3-5,11,13,15,17-18,20H,2,6-10,12H2,1H3. The highest BCUT2D eigenvalue weighted by atomic mass is 35.5. The van der Waals surface area contributed by atoms with E-state index in [4.69, 9.17) is 11.6 Å². The number of benzene rings is 1. The second-order valence-corrected chi connectivity index (χ2v) is 7.13. The van der Waals surface area contributed by atoms with E-state index in [2.05, 4.69) is 30.4 Å². The molecule has 2 heteroatoms. The van der Waals surface area contributed by atoms with Crippen LogP contribution in [0.25, 0.3) is 0 Å². The Morgan fingerprint density at radius 2 is 2.05 bits per heavy atom. The molecular weight excluding hydrogens is 266 g/mol. The zero-order chi connectivity index (χ0) is 13.9. The van der Waals surface area contributed by atoms with Crippen molar-refractivity contribution in [3.63, 3.8) is 0 Å². The Morgan fingerprint density at radius 3 is 2.75 bits per heavy atom. The third-order valence-electron chi connectivity index (χ3n) is 5.20. The fraction of sp³-hybridized carbons (Fsp3) is 0.667. The van der Waals surface area contributed by atoms with Crippen molar-refractivity contribution in [3.05, 3.63) is 34.9 Å². The number of halogens is 1. The second-order valence-electron chi connectivity index (χ2n) is 6.69. The maximum atomic E-state index is 6.20. The minimum Gasteiger partial charge on any atom is -0.314 e. The molecule has 0 aliphatic heterocycles. The minimum atomic E-state index is 0.693. The van der Waals surface area contributed by atoms with E-state index in [1.54, 1.807) is 0 Å². The summed E-state index contributed by atoms with van der Waals surface area (Å²) in [5.74, 6) is 2.38. The summed E-state index contributed by atoms with van der Waals surface area (Å²) in [5, 5.41) is 4.62. The number of rotatable bonds is 5. The fourth-order valence-electron chi connectivity index (χ4n) is 3.69. The van der Waals surface area contributed by atoms with Gasteiger partial charge in [0, 0.05) is 11.1 Å². The van der Waals surface area contributed by atoms with Crippen LogP contribution < -0.4 is 5.32 Å². The molecule has 20 heavy (non-hydrogen) atoms. The van der Waals surface area contributed by atoms with E-state index in [0.717, 1.165) is 22.9 Å². The normalized spacial score (nSPS) is 30.4. The number of nitrogens with one attached hydrogen (secondary N) is 1. The summed E-state index contributed by atoms with van der Waals surface area (Å²) in [7, 11) is 0. The van der Waals surface area contributed by atoms with Gasteiger partial charge >= 0.3 is 0 Å². The van der Waals surface area contributed by atoms with Crippen molar-refractivity contribution in [1.29, 1.82) is 0 Å². The predicted octanol–water partition coefficient (Wildman–Crippen LogP) is 5.00. The molecule has 0 amide bonds. The van der Waals surface area contributed by atoms with E-state index < -0.39 is 0 Å². The van der Waals surface area contributed by atoms with E-state index in [1.807, 2.05) is 6.07 Å². The molecule has 1 aromatic rings. The SMILES string of the molecule is CCC1CCC(CNC2CC2)C(c2cccc(Cl)c2)C1. The quantitative estimate of drug-likeness (QED) is 0.805. The number of hydrogen-bond acceptors (Lipinski definition) is 1. The van der Waals surface area contributed by atoms with Gasteiger partial charge in [-0.1, -0.05) is 43.5 Å². The molecular formula is C18H26ClN. The summed E-state index contributed by atoms with van der Waals surface area (Å²) in [5.41, 5.74) is 1.46. The molecule has 110 valence electrons. The maximum absolute atomic E-state index is 6.20. The Morgan fingerprint density at radius 1 is 1.20 bits per heavy atom. The highest BCUT2D eigenvalue weighted by molar-refractivity contribution is 6.30. The Hall–Kier alpha value is -0.530. The molecule has 1 aromatic carbocycles. The van der Waals surface area contributed by atoms with E-state index in [0.29, 0.717) is 5.92 Å². The maximum Gasteiger partial charge on any atom is 0.0408 e. The van der Waals surface area contributed by atoms with Crippen molar-refractivity contribution in [2.24, 2.45) is 11.8 Å². The molecule has 2 aliphatic rings. The largest absolute Gasteiger partial charge is 0.314 e. The molecule has 1 nitrogen and oxygen atoms in total. The lowest BCUT2D eigenvalue weighted by Gasteiger charge is -2.36. The molecule has 0 radical (unpaired) electrons. The van der Waals surface area contributed by atoms with Gasteiger partial charge in [-0.3, -0.25) is 0 Å². The summed E-state index contributed by atoms with van der Waals surface area (Å²) in [6.07, 6.45) is 8.20. The lowest BCUT2D eigenvalue weighted by Crippen LogP contribution is -2.33. The Bertz CT molecular complexity index is 441. The molecule has 2 saturated carbocycles. The van der Waals surface area contributed by atoms with Gasteiger partial charge in [-0.15, -0.1) is 0 Å². The lowest BCUT2D eigenvalue weighted by atomic mass is 9.70. The molecule has 3 atom stereocenters. The molecule has 3 rings (SSSR count). The summed E-state index contributed by atoms with van der Waals surface area (Å²) in [6.45, 7) is 3.53. The van der Waals surface area contributed by atoms with Gasteiger partial charge in [0.25, 0.3) is 0 Å². The molecule has 3 unspecified atom stereocenters. The van der Waals surface area contributed by atoms with Gasteiger partial charge in [0.2, 0.25) is 0 Å². The highest BCUT2D eigenvalue weighted by Crippen LogP contribution is 2.42. The minimum absolute atomic E-state index is 0.693. The van der Waals surface area contributed by atoms with Crippen LogP contribution >= 0.6 is 11.6 Å². The first-order chi connectivity index (χ1) is 9.76. The first-order valence-electron chi connectivity index (χ1n) is 8.25. The van der Waals surface area contributed by atoms with Crippen LogP contribution in [0.2, 0.25) is 5.02 Å². The van der Waals surface area contributed by atoms with Gasteiger partial charge in [-0.2, -0.15) is 0 Å². The molecule has 2 aliphatic carbocycles. The fourth-order valence-corrected chi connectivity index (χ4v) is 3.89. The van der Waals surface area contributed by atoms with Crippen LogP contribution in [0.15, 0.2) is 24.3 Å². The van der Waals surface area contributed by atoms with Crippen molar-refractivity contribution >= 4 is 11.6 Å². The van der Waals surface area contributed by atoms with E-state index in [-0.39, 0.29) is 0 Å². The van der Waals surface area contributed by atoms with Crippen molar-refractivity contribution in [2.45, 2.75) is 57.4 Å². The molecule has 2 fully saturated rings. The van der Waals surface area contributed by atoms with Gasteiger partial charge in [0.05, 0.1) is 0 Å². The van der Waals surface area contributed by atoms with Crippen molar-refractivity contribution in [3.8, 4) is 0 Å². The molecule has 1 N–H and O–H groups in total. The average Bonchev–Trinajstić information content (AvgIpc) is 3.29. The summed E-state index contributed by atoms with van der Waals surface area (Å²) >= 11 is 6.20. The van der Waals surface area contributed by atoms with Gasteiger partial charge in [-0.25, -0.2) is 0 Å². The topological polar surface area (TPSA) is 12.0 Å². The zero-order valence-electron chi connectivity index (χ0n) is 12.4. The van der Waals surface area contributed by atoms with Crippen molar-refractivity contribution in [2.75, 3.05) is 6.54 Å². The van der Waals surface area contributed by atoms with Crippen LogP contribution in [-0.4, -0.2) is 12.6 Å². The third kappa shape index (κ3) is 3.56. The Kier molecular flexibility index (Phi) is 4.68. The van der Waals surface area contributed by atoms with Crippen LogP contribution in [-0.2, 0) is 0 Å². The van der Waals surface area contributed by atoms with Crippen LogP contribution in [0.4, 0.5) is 0 Å². The first kappa shape index (κ1) is 14.4. The molecule has 0 heterocycles. The summed E-state index contributed by atoms with van der Waals surface area (Å²) in [4.78, 5) is 0. The van der Waals surface area contributed by atoms with E-state index in [9.17, 15) is 0 Å². The summed E-state index contributed by atoms with van der Waals surface area (Å²) < 4.78 is 0. The van der Waals surface area contributed by atoms with E-state index in [1.165, 1.54) is 50.6 Å². The van der Waals surface area contributed by atoms with Crippen molar-refractivity contribution in [1.82, 2.24) is 5.32 Å². The monoisotopic (exact) mass is 291 g/mol. The van der Waals surface area contributed by atoms with Crippen molar-refractivity contribution < 1.29 is 0 Å². The van der Waals surface area contributed by atoms with Crippen LogP contribution in [0, 0.1) is 11.8 Å². The third-order valence-corrected chi connectivity index (χ3v) is 5.44. The lowest BCUT2D eigenvalue weighted by molar-refractivity contribution is 0.225. The Labute approximate surface area is 128 Å². The Balaban J connectivity index is 1.72. The van der Waals surface area contributed by atoms with E-state index >= 15 is 0 Å². The van der Waals surface area contributed by atoms with Gasteiger partial charge in [0.1, 0.15) is 0 Å². The average molecular weight is 292 g/mol. The second kappa shape index (κ2) is 6.49. The summed E-state index contributed by atoms with van der Waals surface area (Å²) in [6, 6.07) is 9.38. The van der Waals surface area contributed by atoms with Crippen LogP contribution in [0.3, 0.4) is 0 Å². The van der Waals surface area contributed by atoms with Crippen LogP contribution in [0.5, 0.6) is 0 Å². The molecule has 0 saturated heterocycles.